The number of esters is 1. The minimum Gasteiger partial charge on any atom is -0.427 e. The van der Waals surface area contributed by atoms with Gasteiger partial charge in [-0.3, -0.25) is 14.4 Å². The minimum absolute atomic E-state index is 0.122. The highest BCUT2D eigenvalue weighted by Crippen LogP contribution is 2.51. The number of rotatable bonds is 2. The second kappa shape index (κ2) is 11.2. The molecule has 6 nitrogen and oxygen atoms in total. The van der Waals surface area contributed by atoms with Crippen molar-refractivity contribution in [3.63, 3.8) is 0 Å². The first-order chi connectivity index (χ1) is 17.8. The molecule has 1 unspecified atom stereocenters. The fraction of sp³-hybridized carbons (Fsp3) is 0.645. The summed E-state index contributed by atoms with van der Waals surface area (Å²) in [7, 11) is 0. The zero-order valence-electron chi connectivity index (χ0n) is 24.8. The summed E-state index contributed by atoms with van der Waals surface area (Å²) in [6.07, 6.45) is 4.08. The highest BCUT2D eigenvalue weighted by molar-refractivity contribution is 6.64. The first kappa shape index (κ1) is 31.6. The summed E-state index contributed by atoms with van der Waals surface area (Å²) in [4.78, 5) is 36.7. The quantitative estimate of drug-likeness (QED) is 0.293. The van der Waals surface area contributed by atoms with E-state index in [4.69, 9.17) is 32.7 Å². The number of aryl methyl sites for hydroxylation is 2. The van der Waals surface area contributed by atoms with E-state index in [1.54, 1.807) is 20.8 Å². The number of carbonyl (C=O) groups excluding carboxylic acids is 3. The molecule has 1 N–H and O–H groups in total. The van der Waals surface area contributed by atoms with Crippen LogP contribution in [0, 0.1) is 30.6 Å². The standard InChI is InChI=1S/C26H34ClNO4.C5H9ClO/c1-15-13-25(31-14-15)7-9-26(10-8-25)21(32-23(30)24(4,5)6)20(22(29)28-26)19-16(2)11-18(27)12-17(19)3;1-5(2,3)4(6)7/h11-12,15H,7-10,13-14H2,1-6H3,(H,28,29);1-3H3. The van der Waals surface area contributed by atoms with Crippen molar-refractivity contribution in [3.8, 4) is 0 Å². The Balaban J connectivity index is 0.000000532. The Labute approximate surface area is 243 Å². The number of nitrogens with one attached hydrogen (secondary N) is 1. The first-order valence-electron chi connectivity index (χ1n) is 13.7. The third kappa shape index (κ3) is 6.89. The van der Waals surface area contributed by atoms with Gasteiger partial charge >= 0.3 is 5.97 Å². The van der Waals surface area contributed by atoms with Crippen molar-refractivity contribution in [2.75, 3.05) is 6.61 Å². The molecular formula is C31H43Cl2NO5. The second-order valence-corrected chi connectivity index (χ2v) is 14.4. The molecule has 4 rings (SSSR count). The van der Waals surface area contributed by atoms with Gasteiger partial charge in [0.05, 0.1) is 22.1 Å². The van der Waals surface area contributed by atoms with Crippen LogP contribution in [0.15, 0.2) is 17.9 Å². The van der Waals surface area contributed by atoms with Gasteiger partial charge in [0.2, 0.25) is 5.24 Å². The van der Waals surface area contributed by atoms with Crippen LogP contribution in [0.25, 0.3) is 5.57 Å². The fourth-order valence-electron chi connectivity index (χ4n) is 5.51. The molecule has 0 bridgehead atoms. The second-order valence-electron chi connectivity index (χ2n) is 13.6. The Morgan fingerprint density at radius 2 is 1.51 bits per heavy atom. The van der Waals surface area contributed by atoms with E-state index in [0.29, 0.717) is 35.1 Å². The van der Waals surface area contributed by atoms with Gasteiger partial charge in [-0.1, -0.05) is 39.3 Å². The summed E-state index contributed by atoms with van der Waals surface area (Å²) in [5, 5.41) is 3.57. The zero-order chi connectivity index (χ0) is 29.6. The molecule has 2 heterocycles. The van der Waals surface area contributed by atoms with Gasteiger partial charge in [0.1, 0.15) is 5.76 Å². The van der Waals surface area contributed by atoms with Gasteiger partial charge in [0.25, 0.3) is 5.91 Å². The highest BCUT2D eigenvalue weighted by atomic mass is 35.5. The largest absolute Gasteiger partial charge is 0.427 e. The molecule has 39 heavy (non-hydrogen) atoms. The van der Waals surface area contributed by atoms with Crippen molar-refractivity contribution in [3.05, 3.63) is 39.6 Å². The molecule has 1 saturated carbocycles. The van der Waals surface area contributed by atoms with E-state index in [1.165, 1.54) is 0 Å². The number of ether oxygens (including phenoxy) is 2. The average molecular weight is 581 g/mol. The number of halogens is 2. The third-order valence-electron chi connectivity index (χ3n) is 7.80. The van der Waals surface area contributed by atoms with E-state index < -0.39 is 11.0 Å². The normalized spacial score (nSPS) is 26.9. The minimum atomic E-state index is -0.688. The van der Waals surface area contributed by atoms with E-state index >= 15 is 0 Å². The Morgan fingerprint density at radius 1 is 1.00 bits per heavy atom. The van der Waals surface area contributed by atoms with Crippen molar-refractivity contribution in [2.24, 2.45) is 16.7 Å². The fourth-order valence-corrected chi connectivity index (χ4v) is 5.84. The maximum atomic E-state index is 13.4. The third-order valence-corrected chi connectivity index (χ3v) is 8.58. The summed E-state index contributed by atoms with van der Waals surface area (Å²) in [5.74, 6) is 0.491. The van der Waals surface area contributed by atoms with Gasteiger partial charge < -0.3 is 14.8 Å². The van der Waals surface area contributed by atoms with Crippen LogP contribution in [-0.2, 0) is 23.9 Å². The van der Waals surface area contributed by atoms with Crippen LogP contribution < -0.4 is 5.32 Å². The lowest BCUT2D eigenvalue weighted by Gasteiger charge is -2.43. The molecule has 2 fully saturated rings. The molecule has 1 aliphatic carbocycles. The molecule has 1 aromatic carbocycles. The number of carbonyl (C=O) groups is 3. The summed E-state index contributed by atoms with van der Waals surface area (Å²) < 4.78 is 12.3. The molecule has 8 heteroatoms. The summed E-state index contributed by atoms with van der Waals surface area (Å²) in [6.45, 7) is 17.7. The van der Waals surface area contributed by atoms with E-state index in [1.807, 2.05) is 46.8 Å². The van der Waals surface area contributed by atoms with Crippen LogP contribution in [0.5, 0.6) is 0 Å². The van der Waals surface area contributed by atoms with Crippen molar-refractivity contribution < 1.29 is 23.9 Å². The number of hydrogen-bond acceptors (Lipinski definition) is 5. The predicted molar refractivity (Wildman–Crippen MR) is 156 cm³/mol. The van der Waals surface area contributed by atoms with Crippen LogP contribution >= 0.6 is 23.2 Å². The topological polar surface area (TPSA) is 81.7 Å². The average Bonchev–Trinajstić information content (AvgIpc) is 3.27. The van der Waals surface area contributed by atoms with E-state index in [-0.39, 0.29) is 28.1 Å². The van der Waals surface area contributed by atoms with Gasteiger partial charge in [-0.05, 0) is 113 Å². The molecule has 2 spiro atoms. The van der Waals surface area contributed by atoms with Crippen molar-refractivity contribution >= 4 is 45.9 Å². The number of hydrogen-bond donors (Lipinski definition) is 1. The summed E-state index contributed by atoms with van der Waals surface area (Å²) >= 11 is 11.4. The number of amides is 1. The van der Waals surface area contributed by atoms with E-state index in [0.717, 1.165) is 42.6 Å². The molecule has 3 aliphatic rings. The lowest BCUT2D eigenvalue weighted by molar-refractivity contribution is -0.150. The van der Waals surface area contributed by atoms with Crippen molar-refractivity contribution in [1.29, 1.82) is 0 Å². The lowest BCUT2D eigenvalue weighted by atomic mass is 9.71. The molecule has 2 aliphatic heterocycles. The maximum Gasteiger partial charge on any atom is 0.316 e. The molecule has 1 aromatic rings. The Hall–Kier alpha value is -1.89. The van der Waals surface area contributed by atoms with Gasteiger partial charge in [-0.15, -0.1) is 0 Å². The zero-order valence-corrected chi connectivity index (χ0v) is 26.3. The van der Waals surface area contributed by atoms with Gasteiger partial charge in [-0.25, -0.2) is 0 Å². The maximum absolute atomic E-state index is 13.4. The monoisotopic (exact) mass is 579 g/mol. The van der Waals surface area contributed by atoms with Crippen LogP contribution in [0.2, 0.25) is 5.02 Å². The molecule has 1 saturated heterocycles. The molecule has 0 aromatic heterocycles. The Bertz CT molecular complexity index is 1160. The Morgan fingerprint density at radius 3 is 1.92 bits per heavy atom. The van der Waals surface area contributed by atoms with Crippen LogP contribution in [0.4, 0.5) is 0 Å². The predicted octanol–water partition coefficient (Wildman–Crippen LogP) is 7.29. The molecule has 1 atom stereocenters. The van der Waals surface area contributed by atoms with Crippen LogP contribution in [0.3, 0.4) is 0 Å². The molecule has 216 valence electrons. The van der Waals surface area contributed by atoms with E-state index in [2.05, 4.69) is 12.2 Å². The van der Waals surface area contributed by atoms with Crippen molar-refractivity contribution in [1.82, 2.24) is 5.32 Å². The summed E-state index contributed by atoms with van der Waals surface area (Å²) in [6, 6.07) is 3.70. The number of benzene rings is 1. The van der Waals surface area contributed by atoms with Crippen LogP contribution in [-0.4, -0.2) is 34.9 Å². The molecule has 1 amide bonds. The first-order valence-corrected chi connectivity index (χ1v) is 14.5. The van der Waals surface area contributed by atoms with Crippen LogP contribution in [0.1, 0.15) is 97.3 Å². The summed E-state index contributed by atoms with van der Waals surface area (Å²) in [5.41, 5.74) is 1.17. The Kier molecular flexibility index (Phi) is 9.07. The molecular weight excluding hydrogens is 537 g/mol. The van der Waals surface area contributed by atoms with Crippen molar-refractivity contribution in [2.45, 2.75) is 106 Å². The van der Waals surface area contributed by atoms with Gasteiger partial charge in [0, 0.05) is 17.0 Å². The lowest BCUT2D eigenvalue weighted by Crippen LogP contribution is -2.52. The van der Waals surface area contributed by atoms with Gasteiger partial charge in [0.15, 0.2) is 0 Å². The molecule has 0 radical (unpaired) electrons. The van der Waals surface area contributed by atoms with E-state index in [9.17, 15) is 14.4 Å². The SMILES string of the molecule is CC(C)(C)C(=O)Cl.Cc1cc(Cl)cc(C)c1C1=C(OC(=O)C(C)(C)C)C2(CCC3(CC2)CC(C)CO3)NC1=O. The van der Waals surface area contributed by atoms with Gasteiger partial charge in [-0.2, -0.15) is 0 Å². The highest BCUT2D eigenvalue weighted by Gasteiger charge is 2.55. The smallest absolute Gasteiger partial charge is 0.316 e.